The first kappa shape index (κ1) is 10.3. The average molecular weight is 212 g/mol. The summed E-state index contributed by atoms with van der Waals surface area (Å²) in [6, 6.07) is -0.221. The third kappa shape index (κ3) is 1.46. The predicted molar refractivity (Wildman–Crippen MR) is 53.2 cm³/mol. The van der Waals surface area contributed by atoms with E-state index < -0.39 is 0 Å². The highest BCUT2D eigenvalue weighted by molar-refractivity contribution is 5.79. The SMILES string of the molecule is CNC(=O)N1CC(C)(C)[C@H]2OC(=O)C[C@H]21. The van der Waals surface area contributed by atoms with Gasteiger partial charge in [0.1, 0.15) is 6.10 Å². The lowest BCUT2D eigenvalue weighted by Gasteiger charge is -2.22. The summed E-state index contributed by atoms with van der Waals surface area (Å²) in [5, 5.41) is 2.59. The fourth-order valence-corrected chi connectivity index (χ4v) is 2.51. The van der Waals surface area contributed by atoms with Gasteiger partial charge in [0.2, 0.25) is 0 Å². The number of carbonyl (C=O) groups excluding carboxylic acids is 2. The molecule has 2 aliphatic rings. The number of amides is 2. The highest BCUT2D eigenvalue weighted by atomic mass is 16.6. The van der Waals surface area contributed by atoms with Gasteiger partial charge in [-0.25, -0.2) is 4.79 Å². The number of nitrogens with one attached hydrogen (secondary N) is 1. The third-order valence-corrected chi connectivity index (χ3v) is 3.21. The minimum absolute atomic E-state index is 0.0903. The standard InChI is InChI=1S/C10H16N2O3/c1-10(2)5-12(9(14)11-3)6-4-7(13)15-8(6)10/h6,8H,4-5H2,1-3H3,(H,11,14)/t6-,8+/m1/s1. The summed E-state index contributed by atoms with van der Waals surface area (Å²) in [6.07, 6.45) is 0.170. The number of hydrogen-bond donors (Lipinski definition) is 1. The van der Waals surface area contributed by atoms with Crippen molar-refractivity contribution in [3.8, 4) is 0 Å². The topological polar surface area (TPSA) is 58.6 Å². The van der Waals surface area contributed by atoms with Crippen LogP contribution < -0.4 is 5.32 Å². The van der Waals surface area contributed by atoms with Crippen LogP contribution >= 0.6 is 0 Å². The molecule has 5 nitrogen and oxygen atoms in total. The molecule has 15 heavy (non-hydrogen) atoms. The van der Waals surface area contributed by atoms with Crippen molar-refractivity contribution in [2.24, 2.45) is 5.41 Å². The molecule has 0 aliphatic carbocycles. The molecule has 0 aromatic rings. The van der Waals surface area contributed by atoms with E-state index in [1.54, 1.807) is 11.9 Å². The number of ether oxygens (including phenoxy) is 1. The summed E-state index contributed by atoms with van der Waals surface area (Å²) in [6.45, 7) is 4.67. The van der Waals surface area contributed by atoms with Crippen LogP contribution in [0, 0.1) is 5.41 Å². The van der Waals surface area contributed by atoms with Gasteiger partial charge in [0.15, 0.2) is 0 Å². The molecule has 1 N–H and O–H groups in total. The smallest absolute Gasteiger partial charge is 0.317 e. The minimum atomic E-state index is -0.202. The number of likely N-dealkylation sites (tertiary alicyclic amines) is 1. The Morgan fingerprint density at radius 3 is 2.87 bits per heavy atom. The van der Waals surface area contributed by atoms with Crippen LogP contribution in [0.15, 0.2) is 0 Å². The maximum atomic E-state index is 11.6. The van der Waals surface area contributed by atoms with Crippen molar-refractivity contribution < 1.29 is 14.3 Å². The Labute approximate surface area is 88.8 Å². The Kier molecular flexibility index (Phi) is 2.13. The number of fused-ring (bicyclic) bond motifs is 1. The Balaban J connectivity index is 2.24. The van der Waals surface area contributed by atoms with Gasteiger partial charge in [-0.2, -0.15) is 0 Å². The van der Waals surface area contributed by atoms with Gasteiger partial charge in [-0.1, -0.05) is 13.8 Å². The molecule has 0 aromatic carbocycles. The highest BCUT2D eigenvalue weighted by Gasteiger charge is 2.55. The Morgan fingerprint density at radius 2 is 2.27 bits per heavy atom. The Hall–Kier alpha value is -1.26. The quantitative estimate of drug-likeness (QED) is 0.589. The molecule has 2 heterocycles. The maximum Gasteiger partial charge on any atom is 0.317 e. The molecule has 2 atom stereocenters. The third-order valence-electron chi connectivity index (χ3n) is 3.21. The molecule has 2 amide bonds. The van der Waals surface area contributed by atoms with E-state index in [4.69, 9.17) is 4.74 Å². The molecule has 2 rings (SSSR count). The normalized spacial score (nSPS) is 32.5. The van der Waals surface area contributed by atoms with Crippen molar-refractivity contribution in [3.05, 3.63) is 0 Å². The Morgan fingerprint density at radius 1 is 1.60 bits per heavy atom. The van der Waals surface area contributed by atoms with Crippen LogP contribution in [0.5, 0.6) is 0 Å². The highest BCUT2D eigenvalue weighted by Crippen LogP contribution is 2.41. The summed E-state index contributed by atoms with van der Waals surface area (Å²) >= 11 is 0. The van der Waals surface area contributed by atoms with Gasteiger partial charge >= 0.3 is 12.0 Å². The number of nitrogens with zero attached hydrogens (tertiary/aromatic N) is 1. The van der Waals surface area contributed by atoms with Crippen molar-refractivity contribution in [1.82, 2.24) is 10.2 Å². The van der Waals surface area contributed by atoms with Gasteiger partial charge in [0.25, 0.3) is 0 Å². The van der Waals surface area contributed by atoms with Gasteiger partial charge in [-0.05, 0) is 0 Å². The first-order valence-corrected chi connectivity index (χ1v) is 5.13. The van der Waals surface area contributed by atoms with E-state index in [1.807, 2.05) is 13.8 Å². The molecule has 0 radical (unpaired) electrons. The van der Waals surface area contributed by atoms with Gasteiger partial charge in [-0.15, -0.1) is 0 Å². The molecular weight excluding hydrogens is 196 g/mol. The van der Waals surface area contributed by atoms with E-state index >= 15 is 0 Å². The zero-order chi connectivity index (χ0) is 11.2. The van der Waals surface area contributed by atoms with E-state index in [2.05, 4.69) is 5.32 Å². The van der Waals surface area contributed by atoms with Crippen LogP contribution in [0.4, 0.5) is 4.79 Å². The molecule has 2 fully saturated rings. The van der Waals surface area contributed by atoms with Crippen molar-refractivity contribution in [2.75, 3.05) is 13.6 Å². The minimum Gasteiger partial charge on any atom is -0.459 e. The van der Waals surface area contributed by atoms with E-state index in [9.17, 15) is 9.59 Å². The van der Waals surface area contributed by atoms with E-state index in [0.29, 0.717) is 13.0 Å². The lowest BCUT2D eigenvalue weighted by Crippen LogP contribution is -2.42. The molecule has 5 heteroatoms. The van der Waals surface area contributed by atoms with Gasteiger partial charge < -0.3 is 15.0 Å². The molecule has 0 unspecified atom stereocenters. The molecule has 0 bridgehead atoms. The fourth-order valence-electron chi connectivity index (χ4n) is 2.51. The molecular formula is C10H16N2O3. The zero-order valence-electron chi connectivity index (χ0n) is 9.24. The second-order valence-electron chi connectivity index (χ2n) is 4.85. The molecule has 84 valence electrons. The summed E-state index contributed by atoms with van der Waals surface area (Å²) in [7, 11) is 1.60. The zero-order valence-corrected chi connectivity index (χ0v) is 9.24. The molecule has 2 saturated heterocycles. The second-order valence-corrected chi connectivity index (χ2v) is 4.85. The van der Waals surface area contributed by atoms with Crippen molar-refractivity contribution in [3.63, 3.8) is 0 Å². The van der Waals surface area contributed by atoms with Gasteiger partial charge in [0.05, 0.1) is 12.5 Å². The first-order valence-electron chi connectivity index (χ1n) is 5.13. The molecule has 0 spiro atoms. The number of rotatable bonds is 0. The first-order chi connectivity index (χ1) is 6.95. The van der Waals surface area contributed by atoms with Gasteiger partial charge in [-0.3, -0.25) is 4.79 Å². The van der Waals surface area contributed by atoms with Gasteiger partial charge in [0, 0.05) is 19.0 Å². The number of carbonyl (C=O) groups is 2. The molecule has 2 aliphatic heterocycles. The summed E-state index contributed by atoms with van der Waals surface area (Å²) in [5.74, 6) is -0.202. The van der Waals surface area contributed by atoms with Crippen molar-refractivity contribution >= 4 is 12.0 Å². The lowest BCUT2D eigenvalue weighted by molar-refractivity contribution is -0.144. The van der Waals surface area contributed by atoms with E-state index in [1.165, 1.54) is 0 Å². The largest absolute Gasteiger partial charge is 0.459 e. The van der Waals surface area contributed by atoms with Crippen LogP contribution in [0.2, 0.25) is 0 Å². The van der Waals surface area contributed by atoms with Crippen LogP contribution in [0.25, 0.3) is 0 Å². The maximum absolute atomic E-state index is 11.6. The Bertz CT molecular complexity index is 314. The molecule has 0 aromatic heterocycles. The summed E-state index contributed by atoms with van der Waals surface area (Å²) in [4.78, 5) is 24.5. The second kappa shape index (κ2) is 3.12. The fraction of sp³-hybridized carbons (Fsp3) is 0.800. The monoisotopic (exact) mass is 212 g/mol. The predicted octanol–water partition coefficient (Wildman–Crippen LogP) is 0.352. The van der Waals surface area contributed by atoms with Crippen LogP contribution in [-0.2, 0) is 9.53 Å². The summed E-state index contributed by atoms with van der Waals surface area (Å²) < 4.78 is 5.26. The number of hydrogen-bond acceptors (Lipinski definition) is 3. The summed E-state index contributed by atoms with van der Waals surface area (Å²) in [5.41, 5.74) is -0.149. The van der Waals surface area contributed by atoms with Crippen molar-refractivity contribution in [2.45, 2.75) is 32.4 Å². The van der Waals surface area contributed by atoms with Crippen LogP contribution in [-0.4, -0.2) is 42.6 Å². The van der Waals surface area contributed by atoms with Crippen molar-refractivity contribution in [1.29, 1.82) is 0 Å². The van der Waals surface area contributed by atoms with Crippen LogP contribution in [0.3, 0.4) is 0 Å². The van der Waals surface area contributed by atoms with E-state index in [0.717, 1.165) is 0 Å². The average Bonchev–Trinajstić information content (AvgIpc) is 2.64. The molecule has 0 saturated carbocycles. The lowest BCUT2D eigenvalue weighted by atomic mass is 9.88. The van der Waals surface area contributed by atoms with Crippen LogP contribution in [0.1, 0.15) is 20.3 Å². The van der Waals surface area contributed by atoms with E-state index in [-0.39, 0.29) is 29.6 Å². The number of esters is 1. The number of urea groups is 1.